The van der Waals surface area contributed by atoms with Crippen molar-refractivity contribution in [2.75, 3.05) is 50.9 Å². The summed E-state index contributed by atoms with van der Waals surface area (Å²) >= 11 is 6.55. The molecule has 0 radical (unpaired) electrons. The molecule has 2 bridgehead atoms. The molecule has 3 saturated carbocycles. The molecule has 2 amide bonds. The Kier molecular flexibility index (Phi) is 7.02. The molecule has 0 spiro atoms. The number of nitrogens with one attached hydrogen (secondary N) is 3. The minimum atomic E-state index is -0.501. The zero-order valence-corrected chi connectivity index (χ0v) is 23.6. The third-order valence-corrected chi connectivity index (χ3v) is 9.59. The van der Waals surface area contributed by atoms with Crippen LogP contribution in [0.15, 0.2) is 30.5 Å². The lowest BCUT2D eigenvalue weighted by molar-refractivity contribution is -0.155. The lowest BCUT2D eigenvalue weighted by Crippen LogP contribution is -2.69. The van der Waals surface area contributed by atoms with E-state index in [0.29, 0.717) is 34.2 Å². The zero-order chi connectivity index (χ0) is 27.2. The maximum Gasteiger partial charge on any atom is 0.253 e. The van der Waals surface area contributed by atoms with Crippen LogP contribution in [0.25, 0.3) is 0 Å². The summed E-state index contributed by atoms with van der Waals surface area (Å²) in [6.45, 7) is 9.95. The molecule has 2 heterocycles. The fraction of sp³-hybridized carbons (Fsp3) is 0.571. The van der Waals surface area contributed by atoms with Gasteiger partial charge in [0.25, 0.3) is 5.91 Å². The number of amides is 2. The standard InChI is InChI=1S/C28H38ClN7O2/c1-27(2)18-14-20(24(37)30-4)28(3,22(27)15-18)34-23-21(29)16-31-26(33-23)32-19-8-6-17(7-9-19)25(38)36-12-10-35(5)11-13-36/h6-9,16,18,20,22H,10-15H2,1-5H3,(H,30,37)(H2,31,32,33,34)/t18-,20+,22+,28-/m0/s1. The predicted molar refractivity (Wildman–Crippen MR) is 150 cm³/mol. The van der Waals surface area contributed by atoms with Gasteiger partial charge in [-0.05, 0) is 68.3 Å². The lowest BCUT2D eigenvalue weighted by Gasteiger charge is -2.66. The van der Waals surface area contributed by atoms with E-state index in [4.69, 9.17) is 11.6 Å². The van der Waals surface area contributed by atoms with Gasteiger partial charge in [0, 0.05) is 44.5 Å². The number of anilines is 3. The average molecular weight is 540 g/mol. The molecule has 9 nitrogen and oxygen atoms in total. The van der Waals surface area contributed by atoms with Crippen LogP contribution in [0.1, 0.15) is 44.0 Å². The van der Waals surface area contributed by atoms with Gasteiger partial charge in [-0.1, -0.05) is 25.4 Å². The quantitative estimate of drug-likeness (QED) is 0.512. The summed E-state index contributed by atoms with van der Waals surface area (Å²) in [7, 11) is 3.76. The SMILES string of the molecule is CNC(=O)[C@H]1C[C@H]2C[C@H](C2(C)C)[C@@]1(C)Nc1nc(Nc2ccc(C(=O)N3CCN(C)CC3)cc2)ncc1Cl. The number of likely N-dealkylation sites (N-methyl/N-ethyl adjacent to an activating group) is 1. The van der Waals surface area contributed by atoms with E-state index in [2.05, 4.69) is 58.6 Å². The van der Waals surface area contributed by atoms with Gasteiger partial charge in [-0.25, -0.2) is 4.98 Å². The molecule has 0 unspecified atom stereocenters. The summed E-state index contributed by atoms with van der Waals surface area (Å²) < 4.78 is 0. The second kappa shape index (κ2) is 10.0. The highest BCUT2D eigenvalue weighted by molar-refractivity contribution is 6.32. The van der Waals surface area contributed by atoms with Gasteiger partial charge in [0.2, 0.25) is 11.9 Å². The van der Waals surface area contributed by atoms with Crippen molar-refractivity contribution in [1.82, 2.24) is 25.1 Å². The van der Waals surface area contributed by atoms with E-state index in [1.54, 1.807) is 13.2 Å². The molecule has 10 heteroatoms. The summed E-state index contributed by atoms with van der Waals surface area (Å²) in [5.74, 6) is 1.64. The molecule has 38 heavy (non-hydrogen) atoms. The van der Waals surface area contributed by atoms with E-state index < -0.39 is 5.54 Å². The molecule has 4 fully saturated rings. The number of fused-ring (bicyclic) bond motifs is 2. The van der Waals surface area contributed by atoms with Crippen molar-refractivity contribution in [2.24, 2.45) is 23.2 Å². The summed E-state index contributed by atoms with van der Waals surface area (Å²) in [6.07, 6.45) is 3.48. The van der Waals surface area contributed by atoms with Gasteiger partial charge >= 0.3 is 0 Å². The van der Waals surface area contributed by atoms with Crippen LogP contribution < -0.4 is 16.0 Å². The number of rotatable bonds is 6. The summed E-state index contributed by atoms with van der Waals surface area (Å²) in [5.41, 5.74) is 1.06. The molecule has 204 valence electrons. The van der Waals surface area contributed by atoms with Gasteiger partial charge in [0.15, 0.2) is 5.82 Å². The Morgan fingerprint density at radius 3 is 2.37 bits per heavy atom. The normalized spacial score (nSPS) is 28.3. The van der Waals surface area contributed by atoms with Crippen LogP contribution in [0.5, 0.6) is 0 Å². The molecule has 3 aliphatic carbocycles. The maximum absolute atomic E-state index is 12.9. The predicted octanol–water partition coefficient (Wildman–Crippen LogP) is 3.86. The van der Waals surface area contributed by atoms with Crippen molar-refractivity contribution in [3.63, 3.8) is 0 Å². The molecule has 2 aromatic rings. The van der Waals surface area contributed by atoms with E-state index in [1.165, 1.54) is 0 Å². The summed E-state index contributed by atoms with van der Waals surface area (Å²) in [5, 5.41) is 10.1. The first-order valence-electron chi connectivity index (χ1n) is 13.4. The van der Waals surface area contributed by atoms with Crippen molar-refractivity contribution in [1.29, 1.82) is 0 Å². The minimum Gasteiger partial charge on any atom is -0.362 e. The maximum atomic E-state index is 12.9. The van der Waals surface area contributed by atoms with Crippen LogP contribution >= 0.6 is 11.6 Å². The Hall–Kier alpha value is -2.91. The number of hydrogen-bond acceptors (Lipinski definition) is 7. The third-order valence-electron chi connectivity index (χ3n) is 9.31. The molecule has 4 atom stereocenters. The number of carbonyl (C=O) groups is 2. The van der Waals surface area contributed by atoms with E-state index in [1.807, 2.05) is 29.2 Å². The Labute approximate surface area is 229 Å². The summed E-state index contributed by atoms with van der Waals surface area (Å²) in [4.78, 5) is 38.9. The number of halogens is 1. The average Bonchev–Trinajstić information content (AvgIpc) is 2.90. The highest BCUT2D eigenvalue weighted by Crippen LogP contribution is 2.65. The fourth-order valence-electron chi connectivity index (χ4n) is 6.72. The van der Waals surface area contributed by atoms with Crippen molar-refractivity contribution in [3.8, 4) is 0 Å². The van der Waals surface area contributed by atoms with Gasteiger partial charge in [-0.15, -0.1) is 0 Å². The highest BCUT2D eigenvalue weighted by atomic mass is 35.5. The van der Waals surface area contributed by atoms with Crippen LogP contribution in [0.3, 0.4) is 0 Å². The molecule has 3 N–H and O–H groups in total. The first kappa shape index (κ1) is 26.7. The van der Waals surface area contributed by atoms with E-state index in [0.717, 1.165) is 44.7 Å². The molecular formula is C28H38ClN7O2. The topological polar surface area (TPSA) is 102 Å². The van der Waals surface area contributed by atoms with Crippen molar-refractivity contribution in [2.45, 2.75) is 39.2 Å². The number of aromatic nitrogens is 2. The monoisotopic (exact) mass is 539 g/mol. The van der Waals surface area contributed by atoms with Crippen molar-refractivity contribution in [3.05, 3.63) is 41.0 Å². The zero-order valence-electron chi connectivity index (χ0n) is 22.8. The minimum absolute atomic E-state index is 0.0416. The van der Waals surface area contributed by atoms with Crippen LogP contribution in [0.2, 0.25) is 5.02 Å². The Bertz CT molecular complexity index is 1210. The van der Waals surface area contributed by atoms with Gasteiger partial charge in [0.1, 0.15) is 5.02 Å². The second-order valence-corrected chi connectivity index (χ2v) is 12.2. The third kappa shape index (κ3) is 4.71. The molecule has 1 saturated heterocycles. The van der Waals surface area contributed by atoms with E-state index in [-0.39, 0.29) is 23.1 Å². The Morgan fingerprint density at radius 1 is 1.05 bits per heavy atom. The number of hydrogen-bond donors (Lipinski definition) is 3. The molecular weight excluding hydrogens is 502 g/mol. The van der Waals surface area contributed by atoms with E-state index in [9.17, 15) is 9.59 Å². The largest absolute Gasteiger partial charge is 0.362 e. The van der Waals surface area contributed by atoms with Crippen LogP contribution in [-0.2, 0) is 4.79 Å². The highest BCUT2D eigenvalue weighted by Gasteiger charge is 2.64. The van der Waals surface area contributed by atoms with Gasteiger partial charge in [-0.2, -0.15) is 4.98 Å². The molecule has 6 rings (SSSR count). The Balaban J connectivity index is 1.32. The van der Waals surface area contributed by atoms with Crippen LogP contribution in [-0.4, -0.2) is 77.4 Å². The fourth-order valence-corrected chi connectivity index (χ4v) is 6.86. The van der Waals surface area contributed by atoms with Crippen LogP contribution in [0, 0.1) is 23.2 Å². The van der Waals surface area contributed by atoms with Gasteiger partial charge in [-0.3, -0.25) is 9.59 Å². The number of carbonyl (C=O) groups excluding carboxylic acids is 2. The molecule has 1 aromatic carbocycles. The molecule has 4 aliphatic rings. The van der Waals surface area contributed by atoms with Crippen molar-refractivity contribution >= 4 is 40.9 Å². The lowest BCUT2D eigenvalue weighted by atomic mass is 9.40. The number of benzene rings is 1. The first-order valence-corrected chi connectivity index (χ1v) is 13.8. The number of piperazine rings is 1. The molecule has 1 aromatic heterocycles. The number of nitrogens with zero attached hydrogens (tertiary/aromatic N) is 4. The van der Waals surface area contributed by atoms with E-state index >= 15 is 0 Å². The van der Waals surface area contributed by atoms with Gasteiger partial charge < -0.3 is 25.8 Å². The second-order valence-electron chi connectivity index (χ2n) is 11.8. The van der Waals surface area contributed by atoms with Crippen LogP contribution in [0.4, 0.5) is 17.5 Å². The van der Waals surface area contributed by atoms with Gasteiger partial charge in [0.05, 0.1) is 17.7 Å². The first-order chi connectivity index (χ1) is 18.0. The summed E-state index contributed by atoms with van der Waals surface area (Å²) in [6, 6.07) is 7.36. The van der Waals surface area contributed by atoms with Crippen molar-refractivity contribution < 1.29 is 9.59 Å². The Morgan fingerprint density at radius 2 is 1.74 bits per heavy atom. The smallest absolute Gasteiger partial charge is 0.253 e. The molecule has 1 aliphatic heterocycles.